The van der Waals surface area contributed by atoms with E-state index in [2.05, 4.69) is 11.1 Å². The SMILES string of the molecule is CC.COc1cncc(C(C)CC#N)c1. The van der Waals surface area contributed by atoms with Crippen LogP contribution in [0.2, 0.25) is 0 Å². The first-order chi connectivity index (χ1) is 7.27. The zero-order valence-corrected chi connectivity index (χ0v) is 9.82. The molecule has 1 unspecified atom stereocenters. The molecule has 1 heterocycles. The number of nitrogens with zero attached hydrogens (tertiary/aromatic N) is 2. The summed E-state index contributed by atoms with van der Waals surface area (Å²) in [7, 11) is 1.61. The molecule has 1 rings (SSSR count). The molecule has 1 aromatic rings. The van der Waals surface area contributed by atoms with Gasteiger partial charge in [-0.15, -0.1) is 0 Å². The maximum Gasteiger partial charge on any atom is 0.137 e. The minimum absolute atomic E-state index is 0.215. The Balaban J connectivity index is 0.000000921. The predicted octanol–water partition coefficient (Wildman–Crippen LogP) is 3.13. The molecular weight excluding hydrogens is 188 g/mol. The Morgan fingerprint density at radius 1 is 1.47 bits per heavy atom. The minimum atomic E-state index is 0.215. The number of methoxy groups -OCH3 is 1. The van der Waals surface area contributed by atoms with Crippen molar-refractivity contribution < 1.29 is 4.74 Å². The van der Waals surface area contributed by atoms with Gasteiger partial charge in [-0.25, -0.2) is 0 Å². The topological polar surface area (TPSA) is 45.9 Å². The van der Waals surface area contributed by atoms with Crippen LogP contribution in [-0.2, 0) is 0 Å². The van der Waals surface area contributed by atoms with Crippen LogP contribution in [0.15, 0.2) is 18.5 Å². The van der Waals surface area contributed by atoms with Gasteiger partial charge in [0.1, 0.15) is 5.75 Å². The van der Waals surface area contributed by atoms with Crippen LogP contribution < -0.4 is 4.74 Å². The molecule has 0 spiro atoms. The summed E-state index contributed by atoms with van der Waals surface area (Å²) in [5.41, 5.74) is 1.04. The van der Waals surface area contributed by atoms with Crippen molar-refractivity contribution in [1.29, 1.82) is 5.26 Å². The Morgan fingerprint density at radius 3 is 2.67 bits per heavy atom. The molecule has 1 aromatic heterocycles. The molecule has 0 bridgehead atoms. The van der Waals surface area contributed by atoms with Crippen LogP contribution in [0.25, 0.3) is 0 Å². The third-order valence-electron chi connectivity index (χ3n) is 1.94. The fraction of sp³-hybridized carbons (Fsp3) is 0.500. The van der Waals surface area contributed by atoms with Gasteiger partial charge < -0.3 is 4.74 Å². The molecule has 0 saturated heterocycles. The highest BCUT2D eigenvalue weighted by Gasteiger charge is 2.05. The van der Waals surface area contributed by atoms with Crippen molar-refractivity contribution in [3.8, 4) is 11.8 Å². The first kappa shape index (κ1) is 13.4. The molecule has 15 heavy (non-hydrogen) atoms. The Bertz CT molecular complexity index is 318. The lowest BCUT2D eigenvalue weighted by Crippen LogP contribution is -1.94. The number of rotatable bonds is 3. The summed E-state index contributed by atoms with van der Waals surface area (Å²) in [6.07, 6.45) is 3.93. The van der Waals surface area contributed by atoms with Crippen LogP contribution in [0.3, 0.4) is 0 Å². The summed E-state index contributed by atoms with van der Waals surface area (Å²) in [6.45, 7) is 6.00. The molecule has 3 heteroatoms. The Kier molecular flexibility index (Phi) is 7.00. The third kappa shape index (κ3) is 4.46. The molecule has 0 aliphatic carbocycles. The van der Waals surface area contributed by atoms with Crippen molar-refractivity contribution in [1.82, 2.24) is 4.98 Å². The van der Waals surface area contributed by atoms with Gasteiger partial charge in [0.2, 0.25) is 0 Å². The molecule has 0 amide bonds. The molecule has 0 fully saturated rings. The third-order valence-corrected chi connectivity index (χ3v) is 1.94. The van der Waals surface area contributed by atoms with Crippen molar-refractivity contribution >= 4 is 0 Å². The van der Waals surface area contributed by atoms with Crippen molar-refractivity contribution in [2.45, 2.75) is 33.1 Å². The summed E-state index contributed by atoms with van der Waals surface area (Å²) >= 11 is 0. The second-order valence-electron chi connectivity index (χ2n) is 2.92. The normalized spacial score (nSPS) is 10.6. The summed E-state index contributed by atoms with van der Waals surface area (Å²) < 4.78 is 5.04. The van der Waals surface area contributed by atoms with E-state index in [0.29, 0.717) is 6.42 Å². The largest absolute Gasteiger partial charge is 0.495 e. The molecule has 0 N–H and O–H groups in total. The van der Waals surface area contributed by atoms with Gasteiger partial charge >= 0.3 is 0 Å². The smallest absolute Gasteiger partial charge is 0.137 e. The second-order valence-corrected chi connectivity index (χ2v) is 2.92. The van der Waals surface area contributed by atoms with Gasteiger partial charge in [0, 0.05) is 12.6 Å². The average Bonchev–Trinajstić information content (AvgIpc) is 2.32. The number of aromatic nitrogens is 1. The van der Waals surface area contributed by atoms with Gasteiger partial charge in [-0.1, -0.05) is 20.8 Å². The van der Waals surface area contributed by atoms with E-state index in [1.807, 2.05) is 26.8 Å². The molecule has 3 nitrogen and oxygen atoms in total. The standard InChI is InChI=1S/C10H12N2O.C2H6/c1-8(3-4-11)9-5-10(13-2)7-12-6-9;1-2/h5-8H,3H2,1-2H3;1-2H3. The molecule has 1 atom stereocenters. The van der Waals surface area contributed by atoms with Crippen molar-refractivity contribution in [3.63, 3.8) is 0 Å². The summed E-state index contributed by atoms with van der Waals surface area (Å²) in [5, 5.41) is 8.52. The molecule has 0 aromatic carbocycles. The first-order valence-electron chi connectivity index (χ1n) is 5.13. The molecular formula is C12H18N2O. The van der Waals surface area contributed by atoms with E-state index in [1.165, 1.54) is 0 Å². The van der Waals surface area contributed by atoms with Crippen LogP contribution in [0, 0.1) is 11.3 Å². The lowest BCUT2D eigenvalue weighted by molar-refractivity contribution is 0.412. The van der Waals surface area contributed by atoms with E-state index in [1.54, 1.807) is 19.5 Å². The number of hydrogen-bond donors (Lipinski definition) is 0. The van der Waals surface area contributed by atoms with Gasteiger partial charge in [0.05, 0.1) is 19.4 Å². The van der Waals surface area contributed by atoms with Crippen LogP contribution in [-0.4, -0.2) is 12.1 Å². The lowest BCUT2D eigenvalue weighted by atomic mass is 10.0. The van der Waals surface area contributed by atoms with Crippen molar-refractivity contribution in [3.05, 3.63) is 24.0 Å². The molecule has 0 aliphatic heterocycles. The first-order valence-corrected chi connectivity index (χ1v) is 5.13. The maximum atomic E-state index is 8.52. The van der Waals surface area contributed by atoms with Crippen LogP contribution >= 0.6 is 0 Å². The van der Waals surface area contributed by atoms with E-state index >= 15 is 0 Å². The van der Waals surface area contributed by atoms with E-state index in [-0.39, 0.29) is 5.92 Å². The van der Waals surface area contributed by atoms with Gasteiger partial charge in [-0.05, 0) is 17.5 Å². The Labute approximate surface area is 91.7 Å². The fourth-order valence-corrected chi connectivity index (χ4v) is 1.07. The minimum Gasteiger partial charge on any atom is -0.495 e. The van der Waals surface area contributed by atoms with Crippen LogP contribution in [0.4, 0.5) is 0 Å². The van der Waals surface area contributed by atoms with Crippen LogP contribution in [0.1, 0.15) is 38.7 Å². The molecule has 0 saturated carbocycles. The monoisotopic (exact) mass is 206 g/mol. The van der Waals surface area contributed by atoms with Gasteiger partial charge in [-0.3, -0.25) is 4.98 Å². The highest BCUT2D eigenvalue weighted by atomic mass is 16.5. The number of nitriles is 1. The van der Waals surface area contributed by atoms with Gasteiger partial charge in [0.15, 0.2) is 0 Å². The fourth-order valence-electron chi connectivity index (χ4n) is 1.07. The zero-order chi connectivity index (χ0) is 11.7. The summed E-state index contributed by atoms with van der Waals surface area (Å²) in [5.74, 6) is 0.954. The highest BCUT2D eigenvalue weighted by molar-refractivity contribution is 5.26. The lowest BCUT2D eigenvalue weighted by Gasteiger charge is -2.07. The van der Waals surface area contributed by atoms with E-state index in [4.69, 9.17) is 10.00 Å². The average molecular weight is 206 g/mol. The number of ether oxygens (including phenoxy) is 1. The quantitative estimate of drug-likeness (QED) is 0.763. The number of hydrogen-bond acceptors (Lipinski definition) is 3. The molecule has 0 aliphatic rings. The van der Waals surface area contributed by atoms with Gasteiger partial charge in [0.25, 0.3) is 0 Å². The molecule has 82 valence electrons. The predicted molar refractivity (Wildman–Crippen MR) is 60.8 cm³/mol. The maximum absolute atomic E-state index is 8.52. The summed E-state index contributed by atoms with van der Waals surface area (Å²) in [4.78, 5) is 4.02. The van der Waals surface area contributed by atoms with Crippen molar-refractivity contribution in [2.75, 3.05) is 7.11 Å². The zero-order valence-electron chi connectivity index (χ0n) is 9.82. The summed E-state index contributed by atoms with van der Waals surface area (Å²) in [6, 6.07) is 4.05. The number of pyridine rings is 1. The van der Waals surface area contributed by atoms with E-state index in [9.17, 15) is 0 Å². The van der Waals surface area contributed by atoms with Gasteiger partial charge in [-0.2, -0.15) is 5.26 Å². The Hall–Kier alpha value is -1.56. The Morgan fingerprint density at radius 2 is 2.13 bits per heavy atom. The van der Waals surface area contributed by atoms with E-state index in [0.717, 1.165) is 11.3 Å². The molecule has 0 radical (unpaired) electrons. The van der Waals surface area contributed by atoms with Crippen LogP contribution in [0.5, 0.6) is 5.75 Å². The van der Waals surface area contributed by atoms with Crippen molar-refractivity contribution in [2.24, 2.45) is 0 Å². The van der Waals surface area contributed by atoms with E-state index < -0.39 is 0 Å². The second kappa shape index (κ2) is 7.81. The highest BCUT2D eigenvalue weighted by Crippen LogP contribution is 2.20.